The zero-order chi connectivity index (χ0) is 10.1. The number of nitrogens with two attached hydrogens (primary N) is 1. The molecule has 3 heteroatoms. The number of carbonyl (C=O) groups is 1. The highest BCUT2D eigenvalue weighted by molar-refractivity contribution is 7.17. The van der Waals surface area contributed by atoms with Crippen molar-refractivity contribution in [3.8, 4) is 0 Å². The van der Waals surface area contributed by atoms with E-state index in [1.54, 1.807) is 11.3 Å². The fourth-order valence-corrected chi connectivity index (χ4v) is 2.39. The van der Waals surface area contributed by atoms with Crippen molar-refractivity contribution >= 4 is 27.2 Å². The van der Waals surface area contributed by atoms with Gasteiger partial charge in [-0.3, -0.25) is 4.79 Å². The molecule has 2 aromatic rings. The fraction of sp³-hybridized carbons (Fsp3) is 0.182. The maximum absolute atomic E-state index is 11.5. The predicted octanol–water partition coefficient (Wildman–Crippen LogP) is 2.35. The van der Waals surface area contributed by atoms with E-state index in [4.69, 9.17) is 5.73 Å². The third-order valence-corrected chi connectivity index (χ3v) is 3.16. The molecule has 2 rings (SSSR count). The number of thiophene rings is 1. The maximum atomic E-state index is 11.5. The molecule has 0 aliphatic carbocycles. The molecule has 0 saturated heterocycles. The second-order valence-electron chi connectivity index (χ2n) is 3.25. The van der Waals surface area contributed by atoms with E-state index in [2.05, 4.69) is 0 Å². The van der Waals surface area contributed by atoms with Crippen LogP contribution in [0.3, 0.4) is 0 Å². The lowest BCUT2D eigenvalue weighted by molar-refractivity contribution is 0.100. The highest BCUT2D eigenvalue weighted by Crippen LogP contribution is 2.24. The third-order valence-electron chi connectivity index (χ3n) is 2.29. The van der Waals surface area contributed by atoms with Gasteiger partial charge in [-0.2, -0.15) is 0 Å². The first-order valence-electron chi connectivity index (χ1n) is 4.43. The van der Waals surface area contributed by atoms with Gasteiger partial charge in [-0.15, -0.1) is 11.3 Å². The van der Waals surface area contributed by atoms with E-state index in [1.807, 2.05) is 30.5 Å². The van der Waals surface area contributed by atoms with Crippen LogP contribution in [-0.4, -0.2) is 12.3 Å². The average molecular weight is 205 g/mol. The summed E-state index contributed by atoms with van der Waals surface area (Å²) in [5.41, 5.74) is 7.10. The van der Waals surface area contributed by atoms with Gasteiger partial charge in [0.15, 0.2) is 5.78 Å². The molecule has 0 atom stereocenters. The summed E-state index contributed by atoms with van der Waals surface area (Å²) in [6, 6.07) is 5.99. The van der Waals surface area contributed by atoms with Gasteiger partial charge in [0.2, 0.25) is 0 Å². The van der Waals surface area contributed by atoms with E-state index in [0.29, 0.717) is 0 Å². The second kappa shape index (κ2) is 3.52. The Balaban J connectivity index is 2.64. The first-order valence-corrected chi connectivity index (χ1v) is 5.31. The summed E-state index contributed by atoms with van der Waals surface area (Å²) in [5.74, 6) is 0.00981. The van der Waals surface area contributed by atoms with Crippen molar-refractivity contribution in [1.29, 1.82) is 0 Å². The van der Waals surface area contributed by atoms with Crippen LogP contribution in [0.5, 0.6) is 0 Å². The molecule has 0 amide bonds. The zero-order valence-electron chi connectivity index (χ0n) is 7.91. The van der Waals surface area contributed by atoms with Crippen molar-refractivity contribution in [2.24, 2.45) is 5.73 Å². The summed E-state index contributed by atoms with van der Waals surface area (Å²) in [7, 11) is 0. The molecule has 72 valence electrons. The number of ketones is 1. The quantitative estimate of drug-likeness (QED) is 0.765. The SMILES string of the molecule is Cc1cc2sccc2cc1C(=O)CN. The first-order chi connectivity index (χ1) is 6.72. The molecule has 1 heterocycles. The lowest BCUT2D eigenvalue weighted by Gasteiger charge is -2.03. The Bertz CT molecular complexity index is 487. The molecular formula is C11H11NOS. The monoisotopic (exact) mass is 205 g/mol. The average Bonchev–Trinajstić information content (AvgIpc) is 2.62. The van der Waals surface area contributed by atoms with Crippen LogP contribution in [0, 0.1) is 6.92 Å². The molecule has 0 bridgehead atoms. The zero-order valence-corrected chi connectivity index (χ0v) is 8.73. The number of carbonyl (C=O) groups excluding carboxylic acids is 1. The molecule has 0 unspecified atom stereocenters. The molecule has 1 aromatic heterocycles. The maximum Gasteiger partial charge on any atom is 0.176 e. The lowest BCUT2D eigenvalue weighted by atomic mass is 10.0. The van der Waals surface area contributed by atoms with Crippen LogP contribution in [0.2, 0.25) is 0 Å². The van der Waals surface area contributed by atoms with Gasteiger partial charge in [-0.25, -0.2) is 0 Å². The number of hydrogen-bond donors (Lipinski definition) is 1. The van der Waals surface area contributed by atoms with Crippen LogP contribution in [0.4, 0.5) is 0 Å². The van der Waals surface area contributed by atoms with E-state index in [1.165, 1.54) is 4.70 Å². The van der Waals surface area contributed by atoms with Gasteiger partial charge in [0.1, 0.15) is 0 Å². The number of rotatable bonds is 2. The van der Waals surface area contributed by atoms with Crippen LogP contribution in [0.1, 0.15) is 15.9 Å². The molecule has 0 spiro atoms. The Kier molecular flexibility index (Phi) is 2.35. The van der Waals surface area contributed by atoms with Crippen molar-refractivity contribution < 1.29 is 4.79 Å². The number of Topliss-reactive ketones (excluding diaryl/α,β-unsaturated/α-hetero) is 1. The van der Waals surface area contributed by atoms with Crippen molar-refractivity contribution in [2.45, 2.75) is 6.92 Å². The molecule has 0 aliphatic heterocycles. The van der Waals surface area contributed by atoms with E-state index in [9.17, 15) is 4.79 Å². The smallest absolute Gasteiger partial charge is 0.176 e. The van der Waals surface area contributed by atoms with Crippen LogP contribution >= 0.6 is 11.3 Å². The Hall–Kier alpha value is -1.19. The van der Waals surface area contributed by atoms with Crippen molar-refractivity contribution in [3.05, 3.63) is 34.7 Å². The highest BCUT2D eigenvalue weighted by Gasteiger charge is 2.08. The molecule has 2 nitrogen and oxygen atoms in total. The summed E-state index contributed by atoms with van der Waals surface area (Å²) < 4.78 is 1.22. The number of fused-ring (bicyclic) bond motifs is 1. The molecular weight excluding hydrogens is 194 g/mol. The highest BCUT2D eigenvalue weighted by atomic mass is 32.1. The number of hydrogen-bond acceptors (Lipinski definition) is 3. The summed E-state index contributed by atoms with van der Waals surface area (Å²) in [5, 5.41) is 3.15. The van der Waals surface area contributed by atoms with Crippen LogP contribution in [0.25, 0.3) is 10.1 Å². The first kappa shape index (κ1) is 9.37. The van der Waals surface area contributed by atoms with E-state index in [0.717, 1.165) is 16.5 Å². The number of aryl methyl sites for hydroxylation is 1. The van der Waals surface area contributed by atoms with E-state index < -0.39 is 0 Å². The van der Waals surface area contributed by atoms with Crippen molar-refractivity contribution in [3.63, 3.8) is 0 Å². The molecule has 14 heavy (non-hydrogen) atoms. The Morgan fingerprint density at radius 3 is 3.00 bits per heavy atom. The van der Waals surface area contributed by atoms with Gasteiger partial charge in [0, 0.05) is 10.3 Å². The topological polar surface area (TPSA) is 43.1 Å². The van der Waals surface area contributed by atoms with Crippen LogP contribution in [-0.2, 0) is 0 Å². The van der Waals surface area contributed by atoms with Gasteiger partial charge in [-0.1, -0.05) is 0 Å². The largest absolute Gasteiger partial charge is 0.324 e. The van der Waals surface area contributed by atoms with E-state index in [-0.39, 0.29) is 12.3 Å². The Morgan fingerprint density at radius 2 is 2.29 bits per heavy atom. The van der Waals surface area contributed by atoms with Gasteiger partial charge in [-0.05, 0) is 41.5 Å². The lowest BCUT2D eigenvalue weighted by Crippen LogP contribution is -2.14. The predicted molar refractivity (Wildman–Crippen MR) is 59.9 cm³/mol. The minimum atomic E-state index is 0.00981. The normalized spacial score (nSPS) is 10.7. The minimum Gasteiger partial charge on any atom is -0.324 e. The summed E-state index contributed by atoms with van der Waals surface area (Å²) >= 11 is 1.69. The molecule has 2 N–H and O–H groups in total. The van der Waals surface area contributed by atoms with E-state index >= 15 is 0 Å². The van der Waals surface area contributed by atoms with Gasteiger partial charge >= 0.3 is 0 Å². The summed E-state index contributed by atoms with van der Waals surface area (Å²) in [6.45, 7) is 2.03. The standard InChI is InChI=1S/C11H11NOS/c1-7-4-11-8(2-3-14-11)5-9(7)10(13)6-12/h2-5H,6,12H2,1H3. The van der Waals surface area contributed by atoms with Gasteiger partial charge in [0.05, 0.1) is 6.54 Å². The summed E-state index contributed by atoms with van der Waals surface area (Å²) in [4.78, 5) is 11.5. The number of benzene rings is 1. The molecule has 1 aromatic carbocycles. The van der Waals surface area contributed by atoms with Gasteiger partial charge < -0.3 is 5.73 Å². The second-order valence-corrected chi connectivity index (χ2v) is 4.20. The van der Waals surface area contributed by atoms with Gasteiger partial charge in [0.25, 0.3) is 0 Å². The molecule has 0 saturated carbocycles. The summed E-state index contributed by atoms with van der Waals surface area (Å²) in [6.07, 6.45) is 0. The third kappa shape index (κ3) is 1.45. The minimum absolute atomic E-state index is 0.00981. The Labute approximate surface area is 86.3 Å². The van der Waals surface area contributed by atoms with Crippen molar-refractivity contribution in [2.75, 3.05) is 6.54 Å². The fourth-order valence-electron chi connectivity index (χ4n) is 1.52. The van der Waals surface area contributed by atoms with Crippen molar-refractivity contribution in [1.82, 2.24) is 0 Å². The Morgan fingerprint density at radius 1 is 1.50 bits per heavy atom. The molecule has 0 aliphatic rings. The van der Waals surface area contributed by atoms with Crippen LogP contribution < -0.4 is 5.73 Å². The molecule has 0 fully saturated rings. The van der Waals surface area contributed by atoms with Crippen LogP contribution in [0.15, 0.2) is 23.6 Å². The molecule has 0 radical (unpaired) electrons.